The zero-order chi connectivity index (χ0) is 26.5. The number of carbonyl (C=O) groups is 1. The van der Waals surface area contributed by atoms with Crippen LogP contribution in [0.15, 0.2) is 64.9 Å². The number of anilines is 2. The Morgan fingerprint density at radius 1 is 1.13 bits per heavy atom. The lowest BCUT2D eigenvalue weighted by atomic mass is 9.95. The maximum Gasteiger partial charge on any atom is 0.318 e. The third-order valence-corrected chi connectivity index (χ3v) is 6.63. The molecular weight excluding hydrogens is 482 g/mol. The third kappa shape index (κ3) is 5.64. The molecule has 11 nitrogen and oxygen atoms in total. The summed E-state index contributed by atoms with van der Waals surface area (Å²) in [7, 11) is 0. The van der Waals surface area contributed by atoms with E-state index in [0.717, 1.165) is 37.4 Å². The summed E-state index contributed by atoms with van der Waals surface area (Å²) in [4.78, 5) is 25.6. The first kappa shape index (κ1) is 25.0. The molecule has 1 saturated heterocycles. The highest BCUT2D eigenvalue weighted by Gasteiger charge is 2.25. The molecule has 1 aliphatic carbocycles. The number of amides is 1. The van der Waals surface area contributed by atoms with Crippen molar-refractivity contribution >= 4 is 17.9 Å². The van der Waals surface area contributed by atoms with Gasteiger partial charge in [0.15, 0.2) is 0 Å². The van der Waals surface area contributed by atoms with E-state index in [1.165, 1.54) is 5.70 Å². The number of allylic oxidation sites excluding steroid dienone is 1. The van der Waals surface area contributed by atoms with Gasteiger partial charge in [-0.2, -0.15) is 5.26 Å². The second-order valence-corrected chi connectivity index (χ2v) is 9.24. The van der Waals surface area contributed by atoms with Crippen LogP contribution < -0.4 is 15.5 Å². The molecule has 1 amide bonds. The number of nitriles is 1. The fourth-order valence-electron chi connectivity index (χ4n) is 4.52. The second kappa shape index (κ2) is 11.1. The van der Waals surface area contributed by atoms with Gasteiger partial charge >= 0.3 is 6.01 Å². The Bertz CT molecular complexity index is 1380. The molecule has 3 heterocycles. The lowest BCUT2D eigenvalue weighted by molar-refractivity contribution is 0.0958. The van der Waals surface area contributed by atoms with Gasteiger partial charge in [-0.05, 0) is 24.3 Å². The van der Waals surface area contributed by atoms with Crippen LogP contribution >= 0.6 is 0 Å². The lowest BCUT2D eigenvalue weighted by Crippen LogP contribution is -2.46. The van der Waals surface area contributed by atoms with Gasteiger partial charge in [-0.1, -0.05) is 36.3 Å². The van der Waals surface area contributed by atoms with Gasteiger partial charge in [-0.15, -0.1) is 5.10 Å². The molecule has 3 aromatic rings. The van der Waals surface area contributed by atoms with Crippen LogP contribution in [0.5, 0.6) is 0 Å². The Labute approximate surface area is 220 Å². The molecule has 1 fully saturated rings. The monoisotopic (exact) mass is 511 g/mol. The Balaban J connectivity index is 1.18. The van der Waals surface area contributed by atoms with Crippen molar-refractivity contribution < 1.29 is 9.21 Å². The summed E-state index contributed by atoms with van der Waals surface area (Å²) < 4.78 is 5.57. The first-order valence-electron chi connectivity index (χ1n) is 12.6. The molecule has 5 rings (SSSR count). The fraction of sp³-hybridized carbons (Fsp3) is 0.333. The second-order valence-electron chi connectivity index (χ2n) is 9.24. The van der Waals surface area contributed by atoms with Gasteiger partial charge < -0.3 is 24.9 Å². The molecule has 1 aromatic carbocycles. The first-order valence-corrected chi connectivity index (χ1v) is 12.6. The molecule has 0 spiro atoms. The fourth-order valence-corrected chi connectivity index (χ4v) is 4.52. The van der Waals surface area contributed by atoms with E-state index in [9.17, 15) is 4.79 Å². The quantitative estimate of drug-likeness (QED) is 0.456. The number of aryl methyl sites for hydroxylation is 1. The Morgan fingerprint density at radius 3 is 2.58 bits per heavy atom. The molecule has 1 unspecified atom stereocenters. The summed E-state index contributed by atoms with van der Waals surface area (Å²) in [5.74, 6) is 1.08. The van der Waals surface area contributed by atoms with E-state index in [-0.39, 0.29) is 24.4 Å². The molecule has 2 N–H and O–H groups in total. The highest BCUT2D eigenvalue weighted by molar-refractivity contribution is 5.94. The number of benzene rings is 1. The Morgan fingerprint density at radius 2 is 1.89 bits per heavy atom. The van der Waals surface area contributed by atoms with Crippen molar-refractivity contribution in [3.8, 4) is 17.3 Å². The zero-order valence-corrected chi connectivity index (χ0v) is 21.3. The van der Waals surface area contributed by atoms with Crippen molar-refractivity contribution in [1.29, 1.82) is 5.26 Å². The standard InChI is InChI=1S/C27H29N9O2/c1-18-17-22(35-13-15-36(16-14-35)27-34-33-19(2)38-27)7-8-23(18)31-26-30-11-9-24(32-26)20-3-5-21(6-4-20)25(37)29-12-10-28/h3-9,11,17-18,23H,12-16H2,1-2H3,(H,29,37)(H,30,31,32)/t18-,23?/m0/s1. The number of hydrogen-bond donors (Lipinski definition) is 2. The van der Waals surface area contributed by atoms with Crippen molar-refractivity contribution in [2.24, 2.45) is 5.92 Å². The summed E-state index contributed by atoms with van der Waals surface area (Å²) in [5, 5.41) is 22.7. The van der Waals surface area contributed by atoms with Crippen LogP contribution in [0.1, 0.15) is 23.2 Å². The predicted octanol–water partition coefficient (Wildman–Crippen LogP) is 2.78. The predicted molar refractivity (Wildman–Crippen MR) is 142 cm³/mol. The maximum absolute atomic E-state index is 12.0. The zero-order valence-electron chi connectivity index (χ0n) is 21.3. The van der Waals surface area contributed by atoms with E-state index < -0.39 is 0 Å². The van der Waals surface area contributed by atoms with Crippen molar-refractivity contribution in [2.75, 3.05) is 42.9 Å². The number of carbonyl (C=O) groups excluding carboxylic acids is 1. The van der Waals surface area contributed by atoms with Crippen molar-refractivity contribution in [3.05, 3.63) is 71.9 Å². The lowest BCUT2D eigenvalue weighted by Gasteiger charge is -2.37. The number of piperazine rings is 1. The number of hydrogen-bond acceptors (Lipinski definition) is 10. The average Bonchev–Trinajstić information content (AvgIpc) is 3.39. The molecule has 1 aliphatic heterocycles. The molecule has 0 radical (unpaired) electrons. The van der Waals surface area contributed by atoms with Gasteiger partial charge in [0.25, 0.3) is 5.91 Å². The smallest absolute Gasteiger partial charge is 0.318 e. The molecule has 11 heteroatoms. The summed E-state index contributed by atoms with van der Waals surface area (Å²) in [5.41, 5.74) is 3.33. The summed E-state index contributed by atoms with van der Waals surface area (Å²) in [6, 6.07) is 11.5. The highest BCUT2D eigenvalue weighted by Crippen LogP contribution is 2.25. The molecule has 38 heavy (non-hydrogen) atoms. The van der Waals surface area contributed by atoms with Crippen molar-refractivity contribution in [3.63, 3.8) is 0 Å². The normalized spacial score (nSPS) is 19.0. The SMILES string of the molecule is Cc1nnc(N2CCN(C3=C[C@H](C)C(Nc4nccc(-c5ccc(C(=O)NCC#N)cc5)n4)C=C3)CC2)o1. The first-order chi connectivity index (χ1) is 18.5. The Hall–Kier alpha value is -4.72. The number of rotatable bonds is 7. The van der Waals surface area contributed by atoms with Crippen LogP contribution in [0.4, 0.5) is 12.0 Å². The van der Waals surface area contributed by atoms with Gasteiger partial charge in [0.1, 0.15) is 6.54 Å². The number of nitrogens with one attached hydrogen (secondary N) is 2. The molecular formula is C27H29N9O2. The summed E-state index contributed by atoms with van der Waals surface area (Å²) in [6.45, 7) is 7.38. The Kier molecular flexibility index (Phi) is 7.31. The van der Waals surface area contributed by atoms with E-state index in [1.807, 2.05) is 24.3 Å². The summed E-state index contributed by atoms with van der Waals surface area (Å²) in [6.07, 6.45) is 8.33. The minimum atomic E-state index is -0.280. The molecule has 2 aromatic heterocycles. The van der Waals surface area contributed by atoms with Gasteiger partial charge in [0.05, 0.1) is 17.8 Å². The number of nitrogens with zero attached hydrogens (tertiary/aromatic N) is 7. The topological polar surface area (TPSA) is 136 Å². The minimum Gasteiger partial charge on any atom is -0.408 e. The van der Waals surface area contributed by atoms with Gasteiger partial charge in [0.2, 0.25) is 11.8 Å². The third-order valence-electron chi connectivity index (χ3n) is 6.63. The van der Waals surface area contributed by atoms with E-state index in [4.69, 9.17) is 9.68 Å². The van der Waals surface area contributed by atoms with Crippen LogP contribution in [-0.4, -0.2) is 69.7 Å². The molecule has 2 atom stereocenters. The maximum atomic E-state index is 12.0. The van der Waals surface area contributed by atoms with Crippen molar-refractivity contribution in [2.45, 2.75) is 19.9 Å². The van der Waals surface area contributed by atoms with Gasteiger partial charge in [-0.3, -0.25) is 4.79 Å². The molecule has 194 valence electrons. The van der Waals surface area contributed by atoms with E-state index in [2.05, 4.69) is 65.8 Å². The van der Waals surface area contributed by atoms with Crippen molar-refractivity contribution in [1.82, 2.24) is 30.4 Å². The molecule has 2 aliphatic rings. The van der Waals surface area contributed by atoms with Crippen LogP contribution in [-0.2, 0) is 0 Å². The minimum absolute atomic E-state index is 0.0238. The van der Waals surface area contributed by atoms with E-state index in [0.29, 0.717) is 23.4 Å². The highest BCUT2D eigenvalue weighted by atomic mass is 16.4. The van der Waals surface area contributed by atoms with Gasteiger partial charge in [0, 0.05) is 62.0 Å². The van der Waals surface area contributed by atoms with Crippen LogP contribution in [0.2, 0.25) is 0 Å². The average molecular weight is 512 g/mol. The summed E-state index contributed by atoms with van der Waals surface area (Å²) >= 11 is 0. The van der Waals surface area contributed by atoms with Crippen LogP contribution in [0.3, 0.4) is 0 Å². The number of aromatic nitrogens is 4. The van der Waals surface area contributed by atoms with E-state index >= 15 is 0 Å². The van der Waals surface area contributed by atoms with E-state index in [1.54, 1.807) is 25.3 Å². The van der Waals surface area contributed by atoms with Gasteiger partial charge in [-0.25, -0.2) is 9.97 Å². The van der Waals surface area contributed by atoms with Crippen LogP contribution in [0.25, 0.3) is 11.3 Å². The largest absolute Gasteiger partial charge is 0.408 e. The molecule has 0 saturated carbocycles. The molecule has 0 bridgehead atoms. The van der Waals surface area contributed by atoms with Crippen LogP contribution in [0, 0.1) is 24.2 Å².